The molecule has 4 nitrogen and oxygen atoms in total. The maximum Gasteiger partial charge on any atom is 0.210 e. The van der Waals surface area contributed by atoms with Crippen LogP contribution >= 0.6 is 10.9 Å². The molecule has 16 heavy (non-hydrogen) atoms. The molecule has 84 valence electrons. The molecule has 0 amide bonds. The Kier molecular flexibility index (Phi) is 2.21. The molecule has 1 saturated carbocycles. The van der Waals surface area contributed by atoms with Gasteiger partial charge in [0.25, 0.3) is 0 Å². The number of hydrogen-bond acceptors (Lipinski definition) is 3. The molecule has 2 heterocycles. The van der Waals surface area contributed by atoms with Crippen LogP contribution in [0.2, 0.25) is 0 Å². The highest BCUT2D eigenvalue weighted by atomic mass is 32.2. The van der Waals surface area contributed by atoms with E-state index in [2.05, 4.69) is 9.98 Å². The standard InChI is InChI=1S/C11H12N2O2S/c14-7-2-1-3-8(10(7)15)16-6-13-11-9(16)4-5-12-11/h4-6,8,12,16H,1-3H2. The molecular weight excluding hydrogens is 224 g/mol. The number of carbonyl (C=O) groups excluding carboxylic acids is 2. The van der Waals surface area contributed by atoms with Gasteiger partial charge in [0, 0.05) is 23.1 Å². The third kappa shape index (κ3) is 1.35. The van der Waals surface area contributed by atoms with E-state index in [1.165, 1.54) is 0 Å². The van der Waals surface area contributed by atoms with Crippen molar-refractivity contribution in [1.29, 1.82) is 0 Å². The number of aromatic amines is 1. The van der Waals surface area contributed by atoms with Crippen LogP contribution in [0.4, 0.5) is 5.82 Å². The van der Waals surface area contributed by atoms with Crippen molar-refractivity contribution in [1.82, 2.24) is 4.98 Å². The molecule has 0 radical (unpaired) electrons. The highest BCUT2D eigenvalue weighted by molar-refractivity contribution is 8.29. The molecule has 2 unspecified atom stereocenters. The predicted octanol–water partition coefficient (Wildman–Crippen LogP) is 1.74. The second kappa shape index (κ2) is 3.59. The van der Waals surface area contributed by atoms with Crippen LogP contribution in [0.15, 0.2) is 22.2 Å². The van der Waals surface area contributed by atoms with Crippen molar-refractivity contribution in [3.8, 4) is 0 Å². The SMILES string of the molecule is O=C1CCCC([SH]2C=Nc3[nH]ccc32)C1=O. The van der Waals surface area contributed by atoms with Gasteiger partial charge in [0.1, 0.15) is 5.82 Å². The maximum atomic E-state index is 11.8. The Morgan fingerprint density at radius 3 is 3.19 bits per heavy atom. The van der Waals surface area contributed by atoms with Crippen LogP contribution in [0.1, 0.15) is 19.3 Å². The van der Waals surface area contributed by atoms with Crippen molar-refractivity contribution < 1.29 is 9.59 Å². The number of aliphatic imine (C=N–C) groups is 1. The van der Waals surface area contributed by atoms with Crippen LogP contribution in [0.25, 0.3) is 0 Å². The van der Waals surface area contributed by atoms with Crippen LogP contribution in [-0.2, 0) is 9.59 Å². The molecule has 5 heteroatoms. The van der Waals surface area contributed by atoms with Gasteiger partial charge in [-0.25, -0.2) is 4.99 Å². The first-order valence-electron chi connectivity index (χ1n) is 5.34. The number of fused-ring (bicyclic) bond motifs is 1. The minimum Gasteiger partial charge on any atom is -0.346 e. The number of nitrogens with one attached hydrogen (secondary N) is 1. The molecule has 2 atom stereocenters. The predicted molar refractivity (Wildman–Crippen MR) is 63.8 cm³/mol. The van der Waals surface area contributed by atoms with Gasteiger partial charge in [0.15, 0.2) is 5.78 Å². The molecule has 3 rings (SSSR count). The molecule has 1 aromatic rings. The second-order valence-electron chi connectivity index (χ2n) is 4.06. The van der Waals surface area contributed by atoms with Crippen molar-refractivity contribution in [2.75, 3.05) is 0 Å². The van der Waals surface area contributed by atoms with Crippen molar-refractivity contribution in [2.24, 2.45) is 4.99 Å². The molecular formula is C11H12N2O2S. The molecule has 0 aromatic carbocycles. The van der Waals surface area contributed by atoms with Crippen LogP contribution in [0.3, 0.4) is 0 Å². The molecule has 1 N–H and O–H groups in total. The summed E-state index contributed by atoms with van der Waals surface area (Å²) in [7, 11) is -0.701. The number of ketones is 2. The molecule has 1 aromatic heterocycles. The van der Waals surface area contributed by atoms with Gasteiger partial charge in [-0.2, -0.15) is 10.9 Å². The van der Waals surface area contributed by atoms with E-state index in [1.807, 2.05) is 17.8 Å². The Labute approximate surface area is 95.5 Å². The average molecular weight is 236 g/mol. The summed E-state index contributed by atoms with van der Waals surface area (Å²) in [5, 5.41) is -0.128. The Morgan fingerprint density at radius 2 is 2.31 bits per heavy atom. The van der Waals surface area contributed by atoms with Gasteiger partial charge >= 0.3 is 0 Å². The van der Waals surface area contributed by atoms with Gasteiger partial charge in [-0.15, -0.1) is 0 Å². The maximum absolute atomic E-state index is 11.8. The van der Waals surface area contributed by atoms with E-state index < -0.39 is 10.9 Å². The molecule has 1 fully saturated rings. The summed E-state index contributed by atoms with van der Waals surface area (Å²) < 4.78 is 0. The van der Waals surface area contributed by atoms with Gasteiger partial charge in [-0.3, -0.25) is 9.59 Å². The fourth-order valence-electron chi connectivity index (χ4n) is 2.26. The summed E-state index contributed by atoms with van der Waals surface area (Å²) in [5.74, 6) is 0.478. The normalized spacial score (nSPS) is 30.8. The van der Waals surface area contributed by atoms with Crippen molar-refractivity contribution in [3.63, 3.8) is 0 Å². The minimum atomic E-state index is -0.701. The Morgan fingerprint density at radius 1 is 1.44 bits per heavy atom. The summed E-state index contributed by atoms with van der Waals surface area (Å²) >= 11 is 0. The second-order valence-corrected chi connectivity index (χ2v) is 6.21. The van der Waals surface area contributed by atoms with Crippen molar-refractivity contribution >= 4 is 33.8 Å². The van der Waals surface area contributed by atoms with Gasteiger partial charge < -0.3 is 4.98 Å². The molecule has 1 aliphatic carbocycles. The van der Waals surface area contributed by atoms with Crippen LogP contribution in [0, 0.1) is 0 Å². The first-order chi connectivity index (χ1) is 7.77. The lowest BCUT2D eigenvalue weighted by molar-refractivity contribution is -0.137. The largest absolute Gasteiger partial charge is 0.346 e. The number of thiol groups is 1. The zero-order valence-corrected chi connectivity index (χ0v) is 9.54. The monoisotopic (exact) mass is 236 g/mol. The van der Waals surface area contributed by atoms with E-state index in [-0.39, 0.29) is 16.8 Å². The van der Waals surface area contributed by atoms with E-state index >= 15 is 0 Å². The topological polar surface area (TPSA) is 62.3 Å². The van der Waals surface area contributed by atoms with Crippen LogP contribution < -0.4 is 0 Å². The third-order valence-corrected chi connectivity index (χ3v) is 5.53. The quantitative estimate of drug-likeness (QED) is 0.576. The number of hydrogen-bond donors (Lipinski definition) is 2. The highest BCUT2D eigenvalue weighted by Crippen LogP contribution is 2.50. The molecule has 0 saturated heterocycles. The van der Waals surface area contributed by atoms with Crippen LogP contribution in [-0.4, -0.2) is 27.3 Å². The Bertz CT molecular complexity index is 492. The van der Waals surface area contributed by atoms with Crippen molar-refractivity contribution in [3.05, 3.63) is 12.3 Å². The van der Waals surface area contributed by atoms with E-state index in [4.69, 9.17) is 0 Å². The lowest BCUT2D eigenvalue weighted by Crippen LogP contribution is -2.32. The van der Waals surface area contributed by atoms with Gasteiger partial charge in [0.2, 0.25) is 5.78 Å². The first-order valence-corrected chi connectivity index (χ1v) is 6.82. The minimum absolute atomic E-state index is 0.128. The smallest absolute Gasteiger partial charge is 0.210 e. The lowest BCUT2D eigenvalue weighted by atomic mass is 9.98. The Hall–Kier alpha value is -1.36. The van der Waals surface area contributed by atoms with Crippen LogP contribution in [0.5, 0.6) is 0 Å². The van der Waals surface area contributed by atoms with Crippen molar-refractivity contribution in [2.45, 2.75) is 29.4 Å². The van der Waals surface area contributed by atoms with Gasteiger partial charge in [-0.1, -0.05) is 0 Å². The summed E-state index contributed by atoms with van der Waals surface area (Å²) in [6, 6.07) is 1.97. The van der Waals surface area contributed by atoms with Gasteiger partial charge in [-0.05, 0) is 18.9 Å². The summed E-state index contributed by atoms with van der Waals surface area (Å²) in [5.41, 5.74) is 1.86. The molecule has 0 spiro atoms. The number of rotatable bonds is 1. The fourth-order valence-corrected chi connectivity index (χ4v) is 4.59. The Balaban J connectivity index is 1.92. The zero-order chi connectivity index (χ0) is 11.1. The summed E-state index contributed by atoms with van der Waals surface area (Å²) in [4.78, 5) is 31.7. The van der Waals surface area contributed by atoms with E-state index in [0.29, 0.717) is 6.42 Å². The summed E-state index contributed by atoms with van der Waals surface area (Å²) in [6.07, 6.45) is 3.93. The number of Topliss-reactive ketones (excluding diaryl/α,β-unsaturated/α-hetero) is 2. The number of H-pyrrole nitrogens is 1. The van der Waals surface area contributed by atoms with E-state index in [1.54, 1.807) is 0 Å². The number of aromatic nitrogens is 1. The molecule has 1 aliphatic heterocycles. The lowest BCUT2D eigenvalue weighted by Gasteiger charge is -2.26. The van der Waals surface area contributed by atoms with E-state index in [0.717, 1.165) is 23.6 Å². The molecule has 0 bridgehead atoms. The number of carbonyl (C=O) groups is 2. The third-order valence-electron chi connectivity index (χ3n) is 3.09. The zero-order valence-electron chi connectivity index (χ0n) is 8.64. The molecule has 2 aliphatic rings. The fraction of sp³-hybridized carbons (Fsp3) is 0.364. The first kappa shape index (κ1) is 9.84. The average Bonchev–Trinajstić information content (AvgIpc) is 2.84. The summed E-state index contributed by atoms with van der Waals surface area (Å²) in [6.45, 7) is 0. The number of nitrogens with zero attached hydrogens (tertiary/aromatic N) is 1. The van der Waals surface area contributed by atoms with Gasteiger partial charge in [0.05, 0.1) is 5.25 Å². The highest BCUT2D eigenvalue weighted by Gasteiger charge is 2.35. The van der Waals surface area contributed by atoms with E-state index in [9.17, 15) is 9.59 Å².